The zero-order chi connectivity index (χ0) is 18.7. The van der Waals surface area contributed by atoms with E-state index in [-0.39, 0.29) is 6.42 Å². The van der Waals surface area contributed by atoms with E-state index in [9.17, 15) is 18.4 Å². The van der Waals surface area contributed by atoms with Crippen LogP contribution in [0.25, 0.3) is 0 Å². The van der Waals surface area contributed by atoms with Gasteiger partial charge < -0.3 is 15.6 Å². The highest BCUT2D eigenvalue weighted by molar-refractivity contribution is 5.78. The number of carbonyl (C=O) groups is 2. The van der Waals surface area contributed by atoms with E-state index in [4.69, 9.17) is 15.6 Å². The highest BCUT2D eigenvalue weighted by atomic mass is 19.2. The highest BCUT2D eigenvalue weighted by Crippen LogP contribution is 2.25. The van der Waals surface area contributed by atoms with Gasteiger partial charge in [-0.3, -0.25) is 9.59 Å². The van der Waals surface area contributed by atoms with Crippen molar-refractivity contribution in [2.45, 2.75) is 45.8 Å². The molecule has 1 rings (SSSR count). The van der Waals surface area contributed by atoms with Crippen molar-refractivity contribution in [2.24, 2.45) is 17.6 Å². The zero-order valence-corrected chi connectivity index (χ0v) is 14.2. The molecule has 1 aromatic rings. The lowest BCUT2D eigenvalue weighted by Gasteiger charge is -2.29. The van der Waals surface area contributed by atoms with Gasteiger partial charge in [-0.05, 0) is 50.8 Å². The second-order valence-corrected chi connectivity index (χ2v) is 6.82. The Labute approximate surface area is 139 Å². The molecule has 0 fully saturated rings. The molecular weight excluding hydrogens is 320 g/mol. The smallest absolute Gasteiger partial charge is 0.320 e. The van der Waals surface area contributed by atoms with Crippen LogP contribution >= 0.6 is 0 Å². The normalized spacial score (nSPS) is 15.5. The summed E-state index contributed by atoms with van der Waals surface area (Å²) in [5, 5.41) is 9.08. The van der Waals surface area contributed by atoms with Crippen LogP contribution in [0, 0.1) is 23.5 Å². The van der Waals surface area contributed by atoms with E-state index in [1.54, 1.807) is 20.8 Å². The second kappa shape index (κ2) is 7.70. The van der Waals surface area contributed by atoms with Crippen molar-refractivity contribution in [3.63, 3.8) is 0 Å². The summed E-state index contributed by atoms with van der Waals surface area (Å²) < 4.78 is 31.7. The SMILES string of the molecule is CC(C(Cc1ccc(F)c(F)c1)C(=O)OC(C)(C)C)[C@H](N)C(=O)O. The quantitative estimate of drug-likeness (QED) is 0.775. The number of carboxylic acid groups (broad SMARTS) is 1. The lowest BCUT2D eigenvalue weighted by Crippen LogP contribution is -2.44. The molecule has 1 aromatic carbocycles. The summed E-state index contributed by atoms with van der Waals surface area (Å²) >= 11 is 0. The monoisotopic (exact) mass is 343 g/mol. The maximum Gasteiger partial charge on any atom is 0.320 e. The number of nitrogens with two attached hydrogens (primary N) is 1. The Kier molecular flexibility index (Phi) is 6.42. The van der Waals surface area contributed by atoms with Gasteiger partial charge in [0.15, 0.2) is 11.6 Å². The molecule has 24 heavy (non-hydrogen) atoms. The minimum Gasteiger partial charge on any atom is -0.480 e. The van der Waals surface area contributed by atoms with Crippen molar-refractivity contribution >= 4 is 11.9 Å². The molecule has 0 amide bonds. The number of ether oxygens (including phenoxy) is 1. The summed E-state index contributed by atoms with van der Waals surface area (Å²) in [6.45, 7) is 6.57. The maximum absolute atomic E-state index is 13.4. The lowest BCUT2D eigenvalue weighted by atomic mass is 9.83. The van der Waals surface area contributed by atoms with Gasteiger partial charge in [-0.2, -0.15) is 0 Å². The summed E-state index contributed by atoms with van der Waals surface area (Å²) in [5.74, 6) is -5.57. The van der Waals surface area contributed by atoms with Gasteiger partial charge in [-0.15, -0.1) is 0 Å². The third kappa shape index (κ3) is 5.56. The van der Waals surface area contributed by atoms with Crippen molar-refractivity contribution in [3.8, 4) is 0 Å². The third-order valence-corrected chi connectivity index (χ3v) is 3.64. The van der Waals surface area contributed by atoms with Crippen molar-refractivity contribution in [2.75, 3.05) is 0 Å². The predicted octanol–water partition coefficient (Wildman–Crippen LogP) is 2.51. The standard InChI is InChI=1S/C17H23F2NO4/c1-9(14(20)15(21)22)11(16(23)24-17(2,3)4)7-10-5-6-12(18)13(19)8-10/h5-6,8-9,11,14H,7,20H2,1-4H3,(H,21,22)/t9?,11?,14-/m0/s1. The molecule has 5 nitrogen and oxygen atoms in total. The van der Waals surface area contributed by atoms with E-state index in [0.717, 1.165) is 12.1 Å². The van der Waals surface area contributed by atoms with Gasteiger partial charge in [0.1, 0.15) is 11.6 Å². The van der Waals surface area contributed by atoms with E-state index in [0.29, 0.717) is 5.56 Å². The summed E-state index contributed by atoms with van der Waals surface area (Å²) in [4.78, 5) is 23.6. The number of carbonyl (C=O) groups excluding carboxylic acids is 1. The number of aliphatic carboxylic acids is 1. The Hall–Kier alpha value is -2.02. The van der Waals surface area contributed by atoms with E-state index in [2.05, 4.69) is 0 Å². The van der Waals surface area contributed by atoms with Crippen LogP contribution < -0.4 is 5.73 Å². The van der Waals surface area contributed by atoms with Crippen LogP contribution in [0.3, 0.4) is 0 Å². The number of carboxylic acids is 1. The molecule has 0 aromatic heterocycles. The van der Waals surface area contributed by atoms with Gasteiger partial charge in [0.2, 0.25) is 0 Å². The first-order valence-electron chi connectivity index (χ1n) is 7.57. The van der Waals surface area contributed by atoms with E-state index < -0.39 is 47.1 Å². The van der Waals surface area contributed by atoms with Crippen LogP contribution in [0.1, 0.15) is 33.3 Å². The lowest BCUT2D eigenvalue weighted by molar-refractivity contribution is -0.162. The van der Waals surface area contributed by atoms with Crippen molar-refractivity contribution in [1.82, 2.24) is 0 Å². The van der Waals surface area contributed by atoms with Gasteiger partial charge in [0, 0.05) is 0 Å². The first kappa shape index (κ1) is 20.0. The predicted molar refractivity (Wildman–Crippen MR) is 84.2 cm³/mol. The molecule has 0 saturated heterocycles. The molecule has 0 bridgehead atoms. The number of rotatable bonds is 6. The largest absolute Gasteiger partial charge is 0.480 e. The molecule has 7 heteroatoms. The molecule has 3 atom stereocenters. The number of hydrogen-bond acceptors (Lipinski definition) is 4. The van der Waals surface area contributed by atoms with Crippen LogP contribution in [0.5, 0.6) is 0 Å². The zero-order valence-electron chi connectivity index (χ0n) is 14.2. The van der Waals surface area contributed by atoms with Gasteiger partial charge in [0.05, 0.1) is 5.92 Å². The Balaban J connectivity index is 3.09. The van der Waals surface area contributed by atoms with Gasteiger partial charge >= 0.3 is 11.9 Å². The topological polar surface area (TPSA) is 89.6 Å². The minimum absolute atomic E-state index is 0.00569. The van der Waals surface area contributed by atoms with Gasteiger partial charge in [0.25, 0.3) is 0 Å². The van der Waals surface area contributed by atoms with Crippen molar-refractivity contribution in [1.29, 1.82) is 0 Å². The number of halogens is 2. The molecule has 0 spiro atoms. The molecule has 3 N–H and O–H groups in total. The first-order valence-corrected chi connectivity index (χ1v) is 7.57. The van der Waals surface area contributed by atoms with Crippen LogP contribution in [0.2, 0.25) is 0 Å². The van der Waals surface area contributed by atoms with Crippen LogP contribution in [0.4, 0.5) is 8.78 Å². The van der Waals surface area contributed by atoms with E-state index >= 15 is 0 Å². The highest BCUT2D eigenvalue weighted by Gasteiger charge is 2.35. The maximum atomic E-state index is 13.4. The van der Waals surface area contributed by atoms with Gasteiger partial charge in [-0.1, -0.05) is 13.0 Å². The molecule has 2 unspecified atom stereocenters. The molecular formula is C17H23F2NO4. The summed E-state index contributed by atoms with van der Waals surface area (Å²) in [6.07, 6.45) is -0.00569. The molecule has 134 valence electrons. The summed E-state index contributed by atoms with van der Waals surface area (Å²) in [7, 11) is 0. The van der Waals surface area contributed by atoms with Crippen LogP contribution in [0.15, 0.2) is 18.2 Å². The average Bonchev–Trinajstić information content (AvgIpc) is 2.44. The Morgan fingerprint density at radius 1 is 1.25 bits per heavy atom. The fourth-order valence-electron chi connectivity index (χ4n) is 2.26. The molecule has 0 aliphatic carbocycles. The Morgan fingerprint density at radius 3 is 2.29 bits per heavy atom. The number of benzene rings is 1. The molecule has 0 heterocycles. The second-order valence-electron chi connectivity index (χ2n) is 6.82. The van der Waals surface area contributed by atoms with E-state index in [1.807, 2.05) is 0 Å². The van der Waals surface area contributed by atoms with Crippen molar-refractivity contribution < 1.29 is 28.2 Å². The number of hydrogen-bond donors (Lipinski definition) is 2. The van der Waals surface area contributed by atoms with Crippen LogP contribution in [-0.4, -0.2) is 28.7 Å². The molecule has 0 saturated carbocycles. The average molecular weight is 343 g/mol. The fourth-order valence-corrected chi connectivity index (χ4v) is 2.26. The fraction of sp³-hybridized carbons (Fsp3) is 0.529. The third-order valence-electron chi connectivity index (χ3n) is 3.64. The Morgan fingerprint density at radius 2 is 1.83 bits per heavy atom. The molecule has 0 aliphatic heterocycles. The van der Waals surface area contributed by atoms with Crippen LogP contribution in [-0.2, 0) is 20.7 Å². The summed E-state index contributed by atoms with van der Waals surface area (Å²) in [5.41, 5.74) is 5.22. The molecule has 0 radical (unpaired) electrons. The van der Waals surface area contributed by atoms with E-state index in [1.165, 1.54) is 13.0 Å². The first-order chi connectivity index (χ1) is 10.9. The number of esters is 1. The minimum atomic E-state index is -1.28. The van der Waals surface area contributed by atoms with Gasteiger partial charge in [-0.25, -0.2) is 8.78 Å². The molecule has 0 aliphatic rings. The Bertz CT molecular complexity index is 613. The summed E-state index contributed by atoms with van der Waals surface area (Å²) in [6, 6.07) is 1.99. The van der Waals surface area contributed by atoms with Crippen molar-refractivity contribution in [3.05, 3.63) is 35.4 Å².